The summed E-state index contributed by atoms with van der Waals surface area (Å²) in [6.07, 6.45) is 15.7. The number of rotatable bonds is 15. The Bertz CT molecular complexity index is 1050. The average molecular weight is 645 g/mol. The Balaban J connectivity index is 0. The van der Waals surface area contributed by atoms with E-state index in [1.807, 2.05) is 0 Å². The fourth-order valence-corrected chi connectivity index (χ4v) is 5.07. The van der Waals surface area contributed by atoms with Gasteiger partial charge in [0.1, 0.15) is 0 Å². The molecule has 3 rings (SSSR count). The third-order valence-corrected chi connectivity index (χ3v) is 8.46. The molecule has 0 radical (unpaired) electrons. The molecule has 0 saturated carbocycles. The number of unbranched alkanes of at least 4 members (excludes halogenated alkanes) is 4. The summed E-state index contributed by atoms with van der Waals surface area (Å²) >= 11 is 0. The third-order valence-electron chi connectivity index (χ3n) is 8.46. The van der Waals surface area contributed by atoms with E-state index in [0.29, 0.717) is 5.92 Å². The summed E-state index contributed by atoms with van der Waals surface area (Å²) in [5.74, 6) is 3.13. The van der Waals surface area contributed by atoms with Crippen molar-refractivity contribution in [2.75, 3.05) is 0 Å². The monoisotopic (exact) mass is 645 g/mol. The van der Waals surface area contributed by atoms with Gasteiger partial charge in [-0.05, 0) is 95.6 Å². The Morgan fingerprint density at radius 2 is 0.787 bits per heavy atom. The van der Waals surface area contributed by atoms with Gasteiger partial charge >= 0.3 is 0 Å². The first-order chi connectivity index (χ1) is 21.9. The highest BCUT2D eigenvalue weighted by Crippen LogP contribution is 2.15. The van der Waals surface area contributed by atoms with E-state index in [4.69, 9.17) is 0 Å². The summed E-state index contributed by atoms with van der Waals surface area (Å²) in [6.45, 7) is 27.0. The van der Waals surface area contributed by atoms with Gasteiger partial charge < -0.3 is 0 Å². The third kappa shape index (κ3) is 26.3. The summed E-state index contributed by atoms with van der Waals surface area (Å²) in [4.78, 5) is 0. The van der Waals surface area contributed by atoms with Crippen molar-refractivity contribution in [2.24, 2.45) is 17.8 Å². The zero-order valence-corrected chi connectivity index (χ0v) is 32.7. The first kappa shape index (κ1) is 46.8. The molecule has 0 nitrogen and oxygen atoms in total. The smallest absolute Gasteiger partial charge is 0.0219 e. The highest BCUT2D eigenvalue weighted by molar-refractivity contribution is 5.25. The molecule has 0 fully saturated rings. The van der Waals surface area contributed by atoms with E-state index >= 15 is 0 Å². The molecular weight excluding hydrogens is 565 g/mol. The van der Waals surface area contributed by atoms with Crippen LogP contribution in [0.4, 0.5) is 0 Å². The van der Waals surface area contributed by atoms with Crippen molar-refractivity contribution in [1.29, 1.82) is 0 Å². The van der Waals surface area contributed by atoms with Crippen LogP contribution in [0.15, 0.2) is 72.8 Å². The Hall–Kier alpha value is -2.34. The van der Waals surface area contributed by atoms with Gasteiger partial charge in [-0.2, -0.15) is 0 Å². The largest absolute Gasteiger partial charge is 0.0776 e. The summed E-state index contributed by atoms with van der Waals surface area (Å²) in [6, 6.07) is 26.9. The van der Waals surface area contributed by atoms with Crippen LogP contribution in [0.1, 0.15) is 175 Å². The fourth-order valence-electron chi connectivity index (χ4n) is 5.07. The van der Waals surface area contributed by atoms with Gasteiger partial charge in [0.25, 0.3) is 0 Å². The normalized spacial score (nSPS) is 10.5. The fraction of sp³-hybridized carbons (Fsp3) is 0.617. The lowest BCUT2D eigenvalue weighted by Crippen LogP contribution is -1.93. The molecule has 0 amide bonds. The maximum atomic E-state index is 2.31. The van der Waals surface area contributed by atoms with Gasteiger partial charge in [0.2, 0.25) is 0 Å². The van der Waals surface area contributed by atoms with Gasteiger partial charge in [0, 0.05) is 0 Å². The van der Waals surface area contributed by atoms with Crippen LogP contribution < -0.4 is 0 Å². The minimum atomic E-state index is 0. The SMILES string of the molecule is C.CCCCCCCC(C)C.CCc1ccc(C(C)C)cc1.CCc1ccc(CC(C)C)cc1.CCc1ccc(CCC(C)C)cc1. The predicted molar refractivity (Wildman–Crippen MR) is 218 cm³/mol. The lowest BCUT2D eigenvalue weighted by atomic mass is 10.0. The Kier molecular flexibility index (Phi) is 29.6. The quantitative estimate of drug-likeness (QED) is 0.144. The van der Waals surface area contributed by atoms with E-state index in [1.165, 1.54) is 91.2 Å². The van der Waals surface area contributed by atoms with Crippen LogP contribution in [-0.2, 0) is 32.1 Å². The number of aryl methyl sites for hydroxylation is 4. The molecule has 3 aromatic rings. The maximum absolute atomic E-state index is 2.31. The first-order valence-electron chi connectivity index (χ1n) is 19.2. The van der Waals surface area contributed by atoms with Crippen molar-refractivity contribution in [3.05, 3.63) is 106 Å². The number of benzene rings is 3. The minimum absolute atomic E-state index is 0. The zero-order valence-electron chi connectivity index (χ0n) is 32.7. The minimum Gasteiger partial charge on any atom is -0.0776 e. The van der Waals surface area contributed by atoms with E-state index in [-0.39, 0.29) is 7.43 Å². The molecule has 0 atom stereocenters. The number of hydrogen-bond donors (Lipinski definition) is 0. The molecule has 0 aliphatic carbocycles. The molecule has 0 aliphatic heterocycles. The molecule has 0 N–H and O–H groups in total. The number of hydrogen-bond acceptors (Lipinski definition) is 0. The molecule has 0 saturated heterocycles. The summed E-state index contributed by atoms with van der Waals surface area (Å²) in [7, 11) is 0. The Morgan fingerprint density at radius 1 is 0.404 bits per heavy atom. The van der Waals surface area contributed by atoms with E-state index in [1.54, 1.807) is 0 Å². The summed E-state index contributed by atoms with van der Waals surface area (Å²) in [5, 5.41) is 0. The second-order valence-electron chi connectivity index (χ2n) is 14.7. The van der Waals surface area contributed by atoms with Gasteiger partial charge in [-0.15, -0.1) is 0 Å². The van der Waals surface area contributed by atoms with Crippen LogP contribution in [-0.4, -0.2) is 0 Å². The van der Waals surface area contributed by atoms with Gasteiger partial charge in [0.05, 0.1) is 0 Å². The lowest BCUT2D eigenvalue weighted by molar-refractivity contribution is 0.518. The second kappa shape index (κ2) is 29.8. The van der Waals surface area contributed by atoms with Gasteiger partial charge in [-0.3, -0.25) is 0 Å². The highest BCUT2D eigenvalue weighted by atomic mass is 14.0. The van der Waals surface area contributed by atoms with Gasteiger partial charge in [0.15, 0.2) is 0 Å². The topological polar surface area (TPSA) is 0 Å². The summed E-state index contributed by atoms with van der Waals surface area (Å²) < 4.78 is 0. The van der Waals surface area contributed by atoms with E-state index < -0.39 is 0 Å². The van der Waals surface area contributed by atoms with Crippen molar-refractivity contribution in [3.8, 4) is 0 Å². The van der Waals surface area contributed by atoms with Crippen molar-refractivity contribution >= 4 is 0 Å². The van der Waals surface area contributed by atoms with Gasteiger partial charge in [-0.25, -0.2) is 0 Å². The van der Waals surface area contributed by atoms with Crippen LogP contribution in [0.25, 0.3) is 0 Å². The molecule has 0 aliphatic rings. The van der Waals surface area contributed by atoms with E-state index in [2.05, 4.69) is 156 Å². The molecule has 47 heavy (non-hydrogen) atoms. The van der Waals surface area contributed by atoms with Crippen LogP contribution in [0.3, 0.4) is 0 Å². The molecular formula is C47H80. The van der Waals surface area contributed by atoms with Crippen LogP contribution in [0, 0.1) is 17.8 Å². The first-order valence-corrected chi connectivity index (χ1v) is 19.2. The molecule has 0 bridgehead atoms. The van der Waals surface area contributed by atoms with Crippen molar-refractivity contribution in [2.45, 2.75) is 173 Å². The molecule has 0 heteroatoms. The highest BCUT2D eigenvalue weighted by Gasteiger charge is 1.99. The van der Waals surface area contributed by atoms with E-state index in [9.17, 15) is 0 Å². The molecule has 0 aromatic heterocycles. The standard InChI is InChI=1S/C13H20.C12H18.C11H16.C10H22.CH4/c1-4-12-7-9-13(10-8-12)6-5-11(2)3;1-4-11-5-7-12(8-6-11)9-10(2)3;1-4-10-5-7-11(8-6-10)9(2)3;1-4-5-6-7-8-9-10(2)3;/h7-11H,4-6H2,1-3H3;5-8,10H,4,9H2,1-3H3;5-9H,4H2,1-3H3;10H,4-9H2,1-3H3;1H4. The second-order valence-corrected chi connectivity index (χ2v) is 14.7. The van der Waals surface area contributed by atoms with Crippen molar-refractivity contribution < 1.29 is 0 Å². The van der Waals surface area contributed by atoms with E-state index in [0.717, 1.165) is 37.0 Å². The zero-order chi connectivity index (χ0) is 34.7. The predicted octanol–water partition coefficient (Wildman–Crippen LogP) is 15.3. The molecule has 0 heterocycles. The van der Waals surface area contributed by atoms with Crippen LogP contribution >= 0.6 is 0 Å². The summed E-state index contributed by atoms with van der Waals surface area (Å²) in [5.41, 5.74) is 8.67. The molecule has 0 unspecified atom stereocenters. The average Bonchev–Trinajstić information content (AvgIpc) is 3.05. The molecule has 268 valence electrons. The van der Waals surface area contributed by atoms with Crippen molar-refractivity contribution in [3.63, 3.8) is 0 Å². The Labute approximate surface area is 296 Å². The lowest BCUT2D eigenvalue weighted by Gasteiger charge is -2.05. The molecule has 0 spiro atoms. The molecule has 3 aromatic carbocycles. The van der Waals surface area contributed by atoms with Gasteiger partial charge in [-0.1, -0.05) is 202 Å². The van der Waals surface area contributed by atoms with Crippen LogP contribution in [0.2, 0.25) is 0 Å². The van der Waals surface area contributed by atoms with Crippen LogP contribution in [0.5, 0.6) is 0 Å². The van der Waals surface area contributed by atoms with Crippen molar-refractivity contribution in [1.82, 2.24) is 0 Å². The Morgan fingerprint density at radius 3 is 1.15 bits per heavy atom. The maximum Gasteiger partial charge on any atom is -0.0219 e.